The highest BCUT2D eigenvalue weighted by Gasteiger charge is 2.24. The first-order valence-electron chi connectivity index (χ1n) is 14.0. The Balaban J connectivity index is 1.22. The second kappa shape index (κ2) is 12.9. The molecule has 42 heavy (non-hydrogen) atoms. The number of thiophene rings is 1. The number of rotatable bonds is 9. The zero-order chi connectivity index (χ0) is 28.9. The number of aliphatic imine (C=N–C) groups is 1. The van der Waals surface area contributed by atoms with Gasteiger partial charge in [-0.2, -0.15) is 5.26 Å². The molecule has 0 fully saturated rings. The van der Waals surface area contributed by atoms with E-state index >= 15 is 0 Å². The van der Waals surface area contributed by atoms with Crippen molar-refractivity contribution in [2.24, 2.45) is 4.99 Å². The molecule has 0 spiro atoms. The van der Waals surface area contributed by atoms with Crippen LogP contribution in [-0.2, 0) is 26.1 Å². The minimum absolute atomic E-state index is 0.418. The molecule has 1 aliphatic rings. The first kappa shape index (κ1) is 28.2. The van der Waals surface area contributed by atoms with Crippen molar-refractivity contribution in [2.45, 2.75) is 33.0 Å². The Morgan fingerprint density at radius 2 is 1.83 bits per heavy atom. The third-order valence-corrected chi connectivity index (χ3v) is 9.11. The zero-order valence-electron chi connectivity index (χ0n) is 23.3. The van der Waals surface area contributed by atoms with Gasteiger partial charge in [0.05, 0.1) is 16.6 Å². The minimum atomic E-state index is 0.418. The minimum Gasteiger partial charge on any atom is -0.490 e. The highest BCUT2D eigenvalue weighted by atomic mass is 79.9. The van der Waals surface area contributed by atoms with Crippen molar-refractivity contribution in [2.75, 3.05) is 13.2 Å². The Kier molecular flexibility index (Phi) is 8.66. The molecular formula is C35H30BrN3O2S. The number of ether oxygens (including phenoxy) is 2. The molecule has 0 amide bonds. The molecule has 5 nitrogen and oxygen atoms in total. The van der Waals surface area contributed by atoms with E-state index in [4.69, 9.17) is 14.5 Å². The molecule has 1 aromatic heterocycles. The lowest BCUT2D eigenvalue weighted by atomic mass is 10.0. The zero-order valence-corrected chi connectivity index (χ0v) is 25.7. The Labute approximate surface area is 258 Å². The summed E-state index contributed by atoms with van der Waals surface area (Å²) in [7, 11) is 0. The van der Waals surface area contributed by atoms with E-state index in [0.29, 0.717) is 30.3 Å². The molecule has 210 valence electrons. The van der Waals surface area contributed by atoms with E-state index in [1.54, 1.807) is 11.3 Å². The van der Waals surface area contributed by atoms with E-state index in [0.717, 1.165) is 52.2 Å². The van der Waals surface area contributed by atoms with Crippen molar-refractivity contribution in [3.8, 4) is 17.6 Å². The van der Waals surface area contributed by atoms with Gasteiger partial charge in [0, 0.05) is 30.7 Å². The van der Waals surface area contributed by atoms with E-state index in [-0.39, 0.29) is 0 Å². The van der Waals surface area contributed by atoms with E-state index in [9.17, 15) is 5.26 Å². The fourth-order valence-corrected chi connectivity index (χ4v) is 7.15. The van der Waals surface area contributed by atoms with Crippen LogP contribution in [0.15, 0.2) is 94.4 Å². The largest absolute Gasteiger partial charge is 0.490 e. The number of nitriles is 1. The smallest absolute Gasteiger partial charge is 0.175 e. The van der Waals surface area contributed by atoms with Crippen LogP contribution < -0.4 is 9.47 Å². The first-order valence-corrected chi connectivity index (χ1v) is 15.6. The summed E-state index contributed by atoms with van der Waals surface area (Å²) in [5, 5.41) is 13.1. The predicted octanol–water partition coefficient (Wildman–Crippen LogP) is 8.82. The predicted molar refractivity (Wildman–Crippen MR) is 174 cm³/mol. The van der Waals surface area contributed by atoms with Crippen LogP contribution in [0.5, 0.6) is 11.5 Å². The maximum Gasteiger partial charge on any atom is 0.175 e. The maximum atomic E-state index is 10.0. The van der Waals surface area contributed by atoms with Crippen LogP contribution in [0, 0.1) is 11.3 Å². The van der Waals surface area contributed by atoms with Crippen LogP contribution in [0.3, 0.4) is 0 Å². The molecule has 4 aromatic carbocycles. The molecule has 7 heteroatoms. The number of nitrogens with zero attached hydrogens (tertiary/aromatic N) is 3. The van der Waals surface area contributed by atoms with Crippen molar-refractivity contribution in [3.05, 3.63) is 122 Å². The van der Waals surface area contributed by atoms with Gasteiger partial charge in [-0.05, 0) is 74.4 Å². The van der Waals surface area contributed by atoms with Gasteiger partial charge in [0.2, 0.25) is 0 Å². The fraction of sp³-hybridized carbons (Fsp3) is 0.200. The number of hydrogen-bond donors (Lipinski definition) is 0. The molecule has 0 bridgehead atoms. The lowest BCUT2D eigenvalue weighted by Crippen LogP contribution is -2.29. The van der Waals surface area contributed by atoms with Gasteiger partial charge in [-0.15, -0.1) is 11.3 Å². The van der Waals surface area contributed by atoms with E-state index < -0.39 is 0 Å². The Hall–Kier alpha value is -3.96. The van der Waals surface area contributed by atoms with Gasteiger partial charge in [-0.3, -0.25) is 4.90 Å². The molecular weight excluding hydrogens is 606 g/mol. The molecule has 0 saturated heterocycles. The molecule has 6 rings (SSSR count). The van der Waals surface area contributed by atoms with Crippen LogP contribution in [0.1, 0.15) is 39.6 Å². The quantitative estimate of drug-likeness (QED) is 0.152. The summed E-state index contributed by atoms with van der Waals surface area (Å²) >= 11 is 5.32. The number of halogens is 1. The second-order valence-corrected chi connectivity index (χ2v) is 12.1. The van der Waals surface area contributed by atoms with Crippen LogP contribution >= 0.6 is 27.3 Å². The first-order chi connectivity index (χ1) is 20.6. The van der Waals surface area contributed by atoms with Crippen LogP contribution in [0.4, 0.5) is 5.00 Å². The molecule has 2 heterocycles. The normalized spacial score (nSPS) is 13.3. The van der Waals surface area contributed by atoms with E-state index in [1.165, 1.54) is 21.2 Å². The summed E-state index contributed by atoms with van der Waals surface area (Å²) in [6.45, 7) is 5.55. The van der Waals surface area contributed by atoms with Gasteiger partial charge < -0.3 is 9.47 Å². The molecule has 0 N–H and O–H groups in total. The van der Waals surface area contributed by atoms with Crippen LogP contribution in [0.2, 0.25) is 0 Å². The summed E-state index contributed by atoms with van der Waals surface area (Å²) in [5.41, 5.74) is 5.12. The van der Waals surface area contributed by atoms with Gasteiger partial charge in [0.25, 0.3) is 0 Å². The van der Waals surface area contributed by atoms with Gasteiger partial charge >= 0.3 is 0 Å². The van der Waals surface area contributed by atoms with Gasteiger partial charge in [0.15, 0.2) is 11.5 Å². The highest BCUT2D eigenvalue weighted by molar-refractivity contribution is 9.10. The van der Waals surface area contributed by atoms with Crippen LogP contribution in [0.25, 0.3) is 10.8 Å². The van der Waals surface area contributed by atoms with Crippen molar-refractivity contribution >= 4 is 49.3 Å². The topological polar surface area (TPSA) is 57.8 Å². The number of hydrogen-bond acceptors (Lipinski definition) is 6. The van der Waals surface area contributed by atoms with Crippen LogP contribution in [-0.4, -0.2) is 24.3 Å². The monoisotopic (exact) mass is 635 g/mol. The van der Waals surface area contributed by atoms with Crippen molar-refractivity contribution < 1.29 is 9.47 Å². The van der Waals surface area contributed by atoms with Crippen molar-refractivity contribution in [3.63, 3.8) is 0 Å². The number of benzene rings is 4. The molecule has 0 saturated carbocycles. The summed E-state index contributed by atoms with van der Waals surface area (Å²) < 4.78 is 13.1. The average molecular weight is 637 g/mol. The summed E-state index contributed by atoms with van der Waals surface area (Å²) in [6.07, 6.45) is 2.67. The van der Waals surface area contributed by atoms with Crippen molar-refractivity contribution in [1.82, 2.24) is 4.90 Å². The fourth-order valence-electron chi connectivity index (χ4n) is 5.39. The molecule has 0 unspecified atom stereocenters. The maximum absolute atomic E-state index is 10.0. The second-order valence-electron chi connectivity index (χ2n) is 10.2. The highest BCUT2D eigenvalue weighted by Crippen LogP contribution is 2.40. The van der Waals surface area contributed by atoms with Gasteiger partial charge in [-0.1, -0.05) is 72.8 Å². The van der Waals surface area contributed by atoms with E-state index in [1.807, 2.05) is 43.5 Å². The summed E-state index contributed by atoms with van der Waals surface area (Å²) in [5.74, 6) is 1.31. The molecule has 0 aliphatic carbocycles. The lowest BCUT2D eigenvalue weighted by molar-refractivity contribution is 0.249. The average Bonchev–Trinajstić information content (AvgIpc) is 3.37. The van der Waals surface area contributed by atoms with Crippen molar-refractivity contribution in [1.29, 1.82) is 5.26 Å². The van der Waals surface area contributed by atoms with Gasteiger partial charge in [-0.25, -0.2) is 4.99 Å². The SMILES string of the molecule is CCOc1cc(C=Nc2sc3c(c2C#N)CCN(Cc2ccccc2)C3)cc(Br)c1OCc1cccc2ccccc12. The molecule has 0 atom stereocenters. The number of fused-ring (bicyclic) bond motifs is 2. The molecule has 1 aliphatic heterocycles. The standard InChI is InChI=1S/C35H30BrN3O2S/c1-2-40-32-18-25(17-31(36)34(32)41-23-27-13-8-12-26-11-6-7-14-28(26)27)20-38-35-30(19-37)29-15-16-39(22-33(29)42-35)21-24-9-4-3-5-10-24/h3-14,17-18,20H,2,15-16,21-23H2,1H3. The molecule has 0 radical (unpaired) electrons. The summed E-state index contributed by atoms with van der Waals surface area (Å²) in [4.78, 5) is 8.46. The van der Waals surface area contributed by atoms with E-state index in [2.05, 4.69) is 81.5 Å². The summed E-state index contributed by atoms with van der Waals surface area (Å²) in [6, 6.07) is 31.4. The lowest BCUT2D eigenvalue weighted by Gasteiger charge is -2.26. The van der Waals surface area contributed by atoms with Gasteiger partial charge in [0.1, 0.15) is 17.7 Å². The molecule has 5 aromatic rings. The third kappa shape index (κ3) is 6.12. The third-order valence-electron chi connectivity index (χ3n) is 7.39. The Bertz CT molecular complexity index is 1790. The Morgan fingerprint density at radius 1 is 1.02 bits per heavy atom. The Morgan fingerprint density at radius 3 is 2.67 bits per heavy atom.